The Morgan fingerprint density at radius 2 is 1.88 bits per heavy atom. The maximum Gasteiger partial charge on any atom is 0.272 e. The molecule has 1 aliphatic heterocycles. The van der Waals surface area contributed by atoms with Gasteiger partial charge in [0.25, 0.3) is 5.91 Å². The van der Waals surface area contributed by atoms with Crippen LogP contribution in [0.25, 0.3) is 0 Å². The highest BCUT2D eigenvalue weighted by atomic mass is 16.2. The molecular weight excluding hydrogens is 332 g/mol. The molecule has 2 aromatic rings. The maximum absolute atomic E-state index is 12.6. The molecule has 1 aromatic heterocycles. The third-order valence-electron chi connectivity index (χ3n) is 4.13. The third-order valence-corrected chi connectivity index (χ3v) is 4.13. The van der Waals surface area contributed by atoms with Crippen LogP contribution in [-0.4, -0.2) is 57.8 Å². The van der Waals surface area contributed by atoms with Crippen LogP contribution in [0.4, 0.5) is 11.6 Å². The summed E-state index contributed by atoms with van der Waals surface area (Å²) >= 11 is 0. The van der Waals surface area contributed by atoms with Crippen molar-refractivity contribution in [3.05, 3.63) is 47.8 Å². The fourth-order valence-electron chi connectivity index (χ4n) is 2.72. The monoisotopic (exact) mass is 350 g/mol. The first-order valence-electron chi connectivity index (χ1n) is 8.22. The van der Waals surface area contributed by atoms with Crippen LogP contribution in [0.2, 0.25) is 0 Å². The van der Waals surface area contributed by atoms with E-state index in [2.05, 4.69) is 21.4 Å². The van der Waals surface area contributed by atoms with Gasteiger partial charge in [0.2, 0.25) is 11.9 Å². The maximum atomic E-state index is 12.6. The summed E-state index contributed by atoms with van der Waals surface area (Å²) in [6.45, 7) is 3.54. The summed E-state index contributed by atoms with van der Waals surface area (Å²) in [5.74, 6) is 0.114. The van der Waals surface area contributed by atoms with Crippen LogP contribution < -0.4 is 5.32 Å². The molecule has 0 aliphatic carbocycles. The number of carbonyl (C=O) groups is 2. The Kier molecular flexibility index (Phi) is 5.08. The van der Waals surface area contributed by atoms with Crippen LogP contribution in [0.3, 0.4) is 0 Å². The highest BCUT2D eigenvalue weighted by molar-refractivity contribution is 5.92. The van der Waals surface area contributed by atoms with Crippen LogP contribution in [0, 0.1) is 11.3 Å². The minimum absolute atomic E-state index is 0.0187. The molecule has 0 bridgehead atoms. The van der Waals surface area contributed by atoms with Crippen molar-refractivity contribution in [2.24, 2.45) is 0 Å². The van der Waals surface area contributed by atoms with Crippen LogP contribution in [0.5, 0.6) is 0 Å². The fourth-order valence-corrected chi connectivity index (χ4v) is 2.72. The molecule has 132 valence electrons. The van der Waals surface area contributed by atoms with E-state index in [-0.39, 0.29) is 23.5 Å². The Hall–Kier alpha value is -3.47. The van der Waals surface area contributed by atoms with Crippen LogP contribution in [-0.2, 0) is 4.79 Å². The fraction of sp³-hybridized carbons (Fsp3) is 0.278. The lowest BCUT2D eigenvalue weighted by atomic mass is 10.2. The number of rotatable bonds is 3. The van der Waals surface area contributed by atoms with Crippen LogP contribution >= 0.6 is 0 Å². The minimum atomic E-state index is -0.190. The van der Waals surface area contributed by atoms with Crippen molar-refractivity contribution in [2.45, 2.75) is 6.92 Å². The Morgan fingerprint density at radius 1 is 1.15 bits per heavy atom. The third kappa shape index (κ3) is 3.95. The zero-order valence-corrected chi connectivity index (χ0v) is 14.3. The molecule has 1 fully saturated rings. The lowest BCUT2D eigenvalue weighted by Gasteiger charge is -2.34. The summed E-state index contributed by atoms with van der Waals surface area (Å²) in [6, 6.07) is 10.6. The number of nitrogens with zero attached hydrogens (tertiary/aromatic N) is 5. The Labute approximate surface area is 151 Å². The van der Waals surface area contributed by atoms with Gasteiger partial charge in [-0.25, -0.2) is 9.97 Å². The van der Waals surface area contributed by atoms with E-state index in [0.717, 1.165) is 0 Å². The Morgan fingerprint density at radius 3 is 2.58 bits per heavy atom. The molecule has 1 aliphatic rings. The molecule has 2 amide bonds. The molecule has 0 atom stereocenters. The van der Waals surface area contributed by atoms with E-state index in [9.17, 15) is 9.59 Å². The van der Waals surface area contributed by atoms with Crippen LogP contribution in [0.1, 0.15) is 23.0 Å². The van der Waals surface area contributed by atoms with Crippen molar-refractivity contribution in [1.29, 1.82) is 5.26 Å². The largest absolute Gasteiger partial charge is 0.339 e. The van der Waals surface area contributed by atoms with Gasteiger partial charge in [-0.3, -0.25) is 9.59 Å². The van der Waals surface area contributed by atoms with E-state index in [1.807, 2.05) is 0 Å². The van der Waals surface area contributed by atoms with Gasteiger partial charge in [0.1, 0.15) is 5.69 Å². The van der Waals surface area contributed by atoms with Gasteiger partial charge in [0, 0.05) is 45.0 Å². The molecule has 1 aromatic carbocycles. The second-order valence-electron chi connectivity index (χ2n) is 5.88. The zero-order valence-electron chi connectivity index (χ0n) is 14.3. The number of anilines is 2. The summed E-state index contributed by atoms with van der Waals surface area (Å²) in [4.78, 5) is 35.8. The van der Waals surface area contributed by atoms with E-state index in [1.165, 1.54) is 13.1 Å². The van der Waals surface area contributed by atoms with E-state index >= 15 is 0 Å². The second kappa shape index (κ2) is 7.61. The predicted molar refractivity (Wildman–Crippen MR) is 94.6 cm³/mol. The quantitative estimate of drug-likeness (QED) is 0.897. The number of nitrogens with one attached hydrogen (secondary N) is 1. The normalized spacial score (nSPS) is 13.8. The number of carbonyl (C=O) groups excluding carboxylic acids is 2. The molecular formula is C18H18N6O2. The highest BCUT2D eigenvalue weighted by Crippen LogP contribution is 2.15. The molecule has 8 heteroatoms. The van der Waals surface area contributed by atoms with Crippen LogP contribution in [0.15, 0.2) is 36.5 Å². The van der Waals surface area contributed by atoms with E-state index in [1.54, 1.807) is 40.1 Å². The number of nitriles is 1. The lowest BCUT2D eigenvalue weighted by Crippen LogP contribution is -2.50. The average Bonchev–Trinajstić information content (AvgIpc) is 2.68. The summed E-state index contributed by atoms with van der Waals surface area (Å²) in [5, 5.41) is 12.0. The smallest absolute Gasteiger partial charge is 0.272 e. The number of hydrogen-bond acceptors (Lipinski definition) is 6. The van der Waals surface area contributed by atoms with Gasteiger partial charge in [-0.2, -0.15) is 5.26 Å². The molecule has 0 unspecified atom stereocenters. The average molecular weight is 350 g/mol. The van der Waals surface area contributed by atoms with Gasteiger partial charge in [0.05, 0.1) is 11.6 Å². The summed E-state index contributed by atoms with van der Waals surface area (Å²) < 4.78 is 0. The van der Waals surface area contributed by atoms with Gasteiger partial charge in [-0.15, -0.1) is 0 Å². The zero-order chi connectivity index (χ0) is 18.5. The number of hydrogen-bond donors (Lipinski definition) is 1. The molecule has 1 saturated heterocycles. The first kappa shape index (κ1) is 17.4. The highest BCUT2D eigenvalue weighted by Gasteiger charge is 2.24. The predicted octanol–water partition coefficient (Wildman–Crippen LogP) is 1.40. The van der Waals surface area contributed by atoms with Crippen molar-refractivity contribution >= 4 is 23.5 Å². The molecule has 0 spiro atoms. The SMILES string of the molecule is CC(=O)N1CCN(C(=O)c2ccnc(Nc3cccc(C#N)c3)n2)CC1. The first-order chi connectivity index (χ1) is 12.6. The Balaban J connectivity index is 1.70. The summed E-state index contributed by atoms with van der Waals surface area (Å²) in [7, 11) is 0. The minimum Gasteiger partial charge on any atom is -0.339 e. The number of aromatic nitrogens is 2. The van der Waals surface area contributed by atoms with Gasteiger partial charge < -0.3 is 15.1 Å². The van der Waals surface area contributed by atoms with Crippen molar-refractivity contribution in [3.8, 4) is 6.07 Å². The molecule has 0 radical (unpaired) electrons. The van der Waals surface area contributed by atoms with Gasteiger partial charge in [-0.1, -0.05) is 6.07 Å². The van der Waals surface area contributed by atoms with Gasteiger partial charge >= 0.3 is 0 Å². The molecule has 8 nitrogen and oxygen atoms in total. The van der Waals surface area contributed by atoms with Gasteiger partial charge in [-0.05, 0) is 24.3 Å². The Bertz CT molecular complexity index is 868. The standard InChI is InChI=1S/C18H18N6O2/c1-13(25)23-7-9-24(10-8-23)17(26)16-5-6-20-18(22-16)21-15-4-2-3-14(11-15)12-19/h2-6,11H,7-10H2,1H3,(H,20,21,22). The first-order valence-corrected chi connectivity index (χ1v) is 8.22. The molecule has 26 heavy (non-hydrogen) atoms. The molecule has 3 rings (SSSR count). The topological polar surface area (TPSA) is 102 Å². The van der Waals surface area contributed by atoms with Crippen molar-refractivity contribution < 1.29 is 9.59 Å². The summed E-state index contributed by atoms with van der Waals surface area (Å²) in [6.07, 6.45) is 1.52. The number of amides is 2. The number of piperazine rings is 1. The summed E-state index contributed by atoms with van der Waals surface area (Å²) in [5.41, 5.74) is 1.48. The second-order valence-corrected chi connectivity index (χ2v) is 5.88. The van der Waals surface area contributed by atoms with Crippen molar-refractivity contribution in [2.75, 3.05) is 31.5 Å². The van der Waals surface area contributed by atoms with Gasteiger partial charge in [0.15, 0.2) is 0 Å². The van der Waals surface area contributed by atoms with E-state index in [0.29, 0.717) is 37.4 Å². The molecule has 1 N–H and O–H groups in total. The van der Waals surface area contributed by atoms with E-state index in [4.69, 9.17) is 5.26 Å². The number of benzene rings is 1. The van der Waals surface area contributed by atoms with Crippen molar-refractivity contribution in [1.82, 2.24) is 19.8 Å². The van der Waals surface area contributed by atoms with E-state index < -0.39 is 0 Å². The lowest BCUT2D eigenvalue weighted by molar-refractivity contribution is -0.130. The molecule has 2 heterocycles. The van der Waals surface area contributed by atoms with Crippen molar-refractivity contribution in [3.63, 3.8) is 0 Å². The molecule has 0 saturated carbocycles.